The Bertz CT molecular complexity index is 638. The van der Waals surface area contributed by atoms with Gasteiger partial charge >= 0.3 is 6.03 Å². The Morgan fingerprint density at radius 3 is 2.95 bits per heavy atom. The number of carbonyl (C=O) groups excluding carboxylic acids is 1. The molecule has 1 aromatic heterocycles. The maximum absolute atomic E-state index is 12.3. The first-order valence-electron chi connectivity index (χ1n) is 6.29. The summed E-state index contributed by atoms with van der Waals surface area (Å²) in [6.45, 7) is 1.39. The van der Waals surface area contributed by atoms with Crippen molar-refractivity contribution in [2.75, 3.05) is 18.4 Å². The van der Waals surface area contributed by atoms with Gasteiger partial charge in [-0.05, 0) is 18.2 Å². The SMILES string of the molecule is O=C1Nc2ccccc2C2(c3ccco3)NCCN12. The smallest absolute Gasteiger partial charge is 0.324 e. The molecule has 5 nitrogen and oxygen atoms in total. The molecule has 2 amide bonds. The summed E-state index contributed by atoms with van der Waals surface area (Å²) in [5, 5.41) is 6.36. The lowest BCUT2D eigenvalue weighted by Crippen LogP contribution is -2.56. The zero-order chi connectivity index (χ0) is 12.9. The van der Waals surface area contributed by atoms with E-state index in [1.54, 1.807) is 11.2 Å². The number of nitrogens with one attached hydrogen (secondary N) is 2. The Morgan fingerprint density at radius 1 is 1.21 bits per heavy atom. The molecule has 2 N–H and O–H groups in total. The van der Waals surface area contributed by atoms with Gasteiger partial charge in [0.25, 0.3) is 0 Å². The minimum Gasteiger partial charge on any atom is -0.465 e. The molecule has 1 fully saturated rings. The van der Waals surface area contributed by atoms with Gasteiger partial charge in [0.1, 0.15) is 5.76 Å². The third-order valence-electron chi connectivity index (χ3n) is 3.80. The Hall–Kier alpha value is -2.27. The van der Waals surface area contributed by atoms with Gasteiger partial charge in [0.15, 0.2) is 5.66 Å². The Labute approximate surface area is 110 Å². The van der Waals surface area contributed by atoms with E-state index >= 15 is 0 Å². The quantitative estimate of drug-likeness (QED) is 0.818. The van der Waals surface area contributed by atoms with Crippen molar-refractivity contribution in [2.45, 2.75) is 5.66 Å². The van der Waals surface area contributed by atoms with Crippen LogP contribution < -0.4 is 10.6 Å². The molecule has 0 aliphatic carbocycles. The third kappa shape index (κ3) is 1.25. The van der Waals surface area contributed by atoms with Gasteiger partial charge in [-0.15, -0.1) is 0 Å². The highest BCUT2D eigenvalue weighted by atomic mass is 16.3. The average molecular weight is 255 g/mol. The number of para-hydroxylation sites is 1. The molecule has 1 unspecified atom stereocenters. The van der Waals surface area contributed by atoms with Crippen molar-refractivity contribution in [1.82, 2.24) is 10.2 Å². The fourth-order valence-electron chi connectivity index (χ4n) is 3.03. The van der Waals surface area contributed by atoms with E-state index in [1.807, 2.05) is 36.4 Å². The van der Waals surface area contributed by atoms with Crippen LogP contribution in [0.3, 0.4) is 0 Å². The zero-order valence-electron chi connectivity index (χ0n) is 10.2. The standard InChI is InChI=1S/C14H13N3O2/c18-13-16-11-5-2-1-4-10(11)14(12-6-3-9-19-12)15-7-8-17(13)14/h1-6,9,15H,7-8H2,(H,16,18). The second-order valence-electron chi connectivity index (χ2n) is 4.74. The second kappa shape index (κ2) is 3.61. The van der Waals surface area contributed by atoms with E-state index in [4.69, 9.17) is 4.42 Å². The molecule has 3 heterocycles. The molecule has 19 heavy (non-hydrogen) atoms. The van der Waals surface area contributed by atoms with Crippen LogP contribution >= 0.6 is 0 Å². The van der Waals surface area contributed by atoms with E-state index in [9.17, 15) is 4.79 Å². The Balaban J connectivity index is 2.02. The molecule has 2 aromatic rings. The lowest BCUT2D eigenvalue weighted by Gasteiger charge is -2.41. The van der Waals surface area contributed by atoms with Crippen LogP contribution in [0.1, 0.15) is 11.3 Å². The first-order chi connectivity index (χ1) is 9.32. The highest BCUT2D eigenvalue weighted by Gasteiger charge is 2.52. The summed E-state index contributed by atoms with van der Waals surface area (Å²) in [5.74, 6) is 0.743. The summed E-state index contributed by atoms with van der Waals surface area (Å²) in [5.41, 5.74) is 1.17. The van der Waals surface area contributed by atoms with Gasteiger partial charge in [0.2, 0.25) is 0 Å². The van der Waals surface area contributed by atoms with Crippen LogP contribution in [-0.2, 0) is 5.66 Å². The monoisotopic (exact) mass is 255 g/mol. The number of rotatable bonds is 1. The van der Waals surface area contributed by atoms with Crippen molar-refractivity contribution >= 4 is 11.7 Å². The number of fused-ring (bicyclic) bond motifs is 3. The average Bonchev–Trinajstić information content (AvgIpc) is 3.09. The Kier molecular flexibility index (Phi) is 2.02. The summed E-state index contributed by atoms with van der Waals surface area (Å²) in [6, 6.07) is 11.5. The number of benzene rings is 1. The molecular formula is C14H13N3O2. The van der Waals surface area contributed by atoms with E-state index in [-0.39, 0.29) is 6.03 Å². The number of anilines is 1. The maximum atomic E-state index is 12.3. The molecule has 4 rings (SSSR count). The van der Waals surface area contributed by atoms with E-state index in [1.165, 1.54) is 0 Å². The largest absolute Gasteiger partial charge is 0.465 e. The van der Waals surface area contributed by atoms with Crippen molar-refractivity contribution in [1.29, 1.82) is 0 Å². The van der Waals surface area contributed by atoms with Crippen molar-refractivity contribution in [2.24, 2.45) is 0 Å². The normalized spacial score (nSPS) is 24.8. The fraction of sp³-hybridized carbons (Fsp3) is 0.214. The van der Waals surface area contributed by atoms with Crippen LogP contribution in [0.5, 0.6) is 0 Å². The second-order valence-corrected chi connectivity index (χ2v) is 4.74. The van der Waals surface area contributed by atoms with Crippen molar-refractivity contribution in [3.8, 4) is 0 Å². The molecule has 0 saturated carbocycles. The predicted molar refractivity (Wildman–Crippen MR) is 69.7 cm³/mol. The number of amides is 2. The molecule has 2 aliphatic rings. The van der Waals surface area contributed by atoms with Gasteiger partial charge in [-0.25, -0.2) is 4.79 Å². The number of nitrogens with zero attached hydrogens (tertiary/aromatic N) is 1. The summed E-state index contributed by atoms with van der Waals surface area (Å²) in [6.07, 6.45) is 1.64. The molecule has 5 heteroatoms. The van der Waals surface area contributed by atoms with Crippen LogP contribution in [0.2, 0.25) is 0 Å². The maximum Gasteiger partial charge on any atom is 0.324 e. The van der Waals surface area contributed by atoms with E-state index in [0.717, 1.165) is 23.6 Å². The van der Waals surface area contributed by atoms with Crippen molar-refractivity contribution in [3.05, 3.63) is 54.0 Å². The van der Waals surface area contributed by atoms with Gasteiger partial charge in [0, 0.05) is 24.3 Å². The molecule has 96 valence electrons. The molecule has 0 bridgehead atoms. The van der Waals surface area contributed by atoms with Gasteiger partial charge < -0.3 is 9.73 Å². The van der Waals surface area contributed by atoms with Crippen LogP contribution in [0.15, 0.2) is 47.1 Å². The molecular weight excluding hydrogens is 242 g/mol. The topological polar surface area (TPSA) is 57.5 Å². The minimum atomic E-state index is -0.678. The van der Waals surface area contributed by atoms with Crippen LogP contribution in [0, 0.1) is 0 Å². The molecule has 1 aromatic carbocycles. The van der Waals surface area contributed by atoms with Gasteiger partial charge in [-0.2, -0.15) is 0 Å². The Morgan fingerprint density at radius 2 is 2.11 bits per heavy atom. The summed E-state index contributed by atoms with van der Waals surface area (Å²) < 4.78 is 5.60. The van der Waals surface area contributed by atoms with Crippen LogP contribution in [0.25, 0.3) is 0 Å². The minimum absolute atomic E-state index is 0.0971. The summed E-state index contributed by atoms with van der Waals surface area (Å²) in [4.78, 5) is 14.1. The lowest BCUT2D eigenvalue weighted by molar-refractivity contribution is 0.147. The van der Waals surface area contributed by atoms with Crippen molar-refractivity contribution in [3.63, 3.8) is 0 Å². The summed E-state index contributed by atoms with van der Waals surface area (Å²) in [7, 11) is 0. The van der Waals surface area contributed by atoms with E-state index < -0.39 is 5.66 Å². The highest BCUT2D eigenvalue weighted by molar-refractivity contribution is 5.94. The van der Waals surface area contributed by atoms with E-state index in [0.29, 0.717) is 6.54 Å². The predicted octanol–water partition coefficient (Wildman–Crippen LogP) is 1.93. The van der Waals surface area contributed by atoms with Crippen LogP contribution in [-0.4, -0.2) is 24.0 Å². The molecule has 2 aliphatic heterocycles. The molecule has 1 atom stereocenters. The number of carbonyl (C=O) groups is 1. The van der Waals surface area contributed by atoms with Gasteiger partial charge in [-0.1, -0.05) is 18.2 Å². The molecule has 0 radical (unpaired) electrons. The number of urea groups is 1. The number of hydrogen-bond acceptors (Lipinski definition) is 3. The zero-order valence-corrected chi connectivity index (χ0v) is 10.2. The number of hydrogen-bond donors (Lipinski definition) is 2. The highest BCUT2D eigenvalue weighted by Crippen LogP contribution is 2.43. The van der Waals surface area contributed by atoms with Gasteiger partial charge in [0.05, 0.1) is 6.26 Å². The first kappa shape index (κ1) is 10.6. The van der Waals surface area contributed by atoms with Gasteiger partial charge in [-0.3, -0.25) is 10.2 Å². The van der Waals surface area contributed by atoms with Crippen LogP contribution in [0.4, 0.5) is 10.5 Å². The first-order valence-corrected chi connectivity index (χ1v) is 6.29. The lowest BCUT2D eigenvalue weighted by atomic mass is 9.92. The van der Waals surface area contributed by atoms with Crippen molar-refractivity contribution < 1.29 is 9.21 Å². The molecule has 0 spiro atoms. The fourth-order valence-corrected chi connectivity index (χ4v) is 3.03. The summed E-state index contributed by atoms with van der Waals surface area (Å²) >= 11 is 0. The third-order valence-corrected chi connectivity index (χ3v) is 3.80. The number of furan rings is 1. The van der Waals surface area contributed by atoms with E-state index in [2.05, 4.69) is 10.6 Å². The molecule has 1 saturated heterocycles.